The summed E-state index contributed by atoms with van der Waals surface area (Å²) in [7, 11) is 0. The molecule has 1 aliphatic rings. The molecule has 1 unspecified atom stereocenters. The van der Waals surface area contributed by atoms with Crippen LogP contribution in [0.15, 0.2) is 48.5 Å². The molecule has 0 aliphatic heterocycles. The van der Waals surface area contributed by atoms with Gasteiger partial charge in [0, 0.05) is 0 Å². The third-order valence-electron chi connectivity index (χ3n) is 4.54. The molecular weight excluding hydrogens is 397 g/mol. The van der Waals surface area contributed by atoms with Gasteiger partial charge in [-0.25, -0.2) is 0 Å². The number of benzene rings is 2. The van der Waals surface area contributed by atoms with Crippen molar-refractivity contribution in [2.24, 2.45) is 0 Å². The third-order valence-corrected chi connectivity index (χ3v) is 5.90. The fourth-order valence-corrected chi connectivity index (χ4v) is 4.26. The number of carboxylic acids is 1. The van der Waals surface area contributed by atoms with Crippen LogP contribution in [0.4, 0.5) is 4.79 Å². The van der Waals surface area contributed by atoms with Gasteiger partial charge in [0.25, 0.3) is 0 Å². The second-order valence-electron chi connectivity index (χ2n) is 6.14. The van der Waals surface area contributed by atoms with Crippen LogP contribution in [-0.2, 0) is 9.53 Å². The molecule has 26 heavy (non-hydrogen) atoms. The maximum atomic E-state index is 12.1. The van der Waals surface area contributed by atoms with Crippen LogP contribution in [0, 0.1) is 0 Å². The van der Waals surface area contributed by atoms with Crippen molar-refractivity contribution in [2.45, 2.75) is 29.5 Å². The van der Waals surface area contributed by atoms with Crippen molar-refractivity contribution in [3.05, 3.63) is 59.7 Å². The van der Waals surface area contributed by atoms with Crippen molar-refractivity contribution in [3.63, 3.8) is 0 Å². The average Bonchev–Trinajstić information content (AvgIpc) is 2.97. The van der Waals surface area contributed by atoms with Crippen LogP contribution >= 0.6 is 0 Å². The Morgan fingerprint density at radius 2 is 1.69 bits per heavy atom. The quantitative estimate of drug-likeness (QED) is 0.675. The Morgan fingerprint density at radius 3 is 2.23 bits per heavy atom. The van der Waals surface area contributed by atoms with Gasteiger partial charge in [-0.1, -0.05) is 0 Å². The monoisotopic (exact) mass is 419 g/mol. The molecule has 0 fully saturated rings. The Bertz CT molecular complexity index is 762. The molecule has 1 amide bonds. The Morgan fingerprint density at radius 1 is 1.12 bits per heavy atom. The van der Waals surface area contributed by atoms with Crippen LogP contribution in [0.5, 0.6) is 0 Å². The molecule has 1 atom stereocenters. The third kappa shape index (κ3) is 3.92. The van der Waals surface area contributed by atoms with E-state index in [1.807, 2.05) is 42.2 Å². The standard InChI is InChI=1S/C20H21NO4Se/c1-26-11-10-18(19(22)23)21-20(24)25-12-17-15-8-4-2-6-13(15)14-7-3-5-9-16(14)17/h2-9,17-18H,10-12H2,1H3,(H,21,24)(H,22,23). The number of hydrogen-bond donors (Lipinski definition) is 2. The summed E-state index contributed by atoms with van der Waals surface area (Å²) >= 11 is 0.372. The summed E-state index contributed by atoms with van der Waals surface area (Å²) in [6.45, 7) is 0.184. The van der Waals surface area contributed by atoms with E-state index in [0.717, 1.165) is 27.6 Å². The van der Waals surface area contributed by atoms with E-state index < -0.39 is 18.1 Å². The van der Waals surface area contributed by atoms with Gasteiger partial charge in [0.15, 0.2) is 0 Å². The summed E-state index contributed by atoms with van der Waals surface area (Å²) in [5.74, 6) is 0.984. The van der Waals surface area contributed by atoms with E-state index in [9.17, 15) is 14.7 Å². The molecule has 0 bridgehead atoms. The molecule has 2 aromatic carbocycles. The van der Waals surface area contributed by atoms with Gasteiger partial charge in [-0.2, -0.15) is 0 Å². The van der Waals surface area contributed by atoms with Gasteiger partial charge >= 0.3 is 159 Å². The van der Waals surface area contributed by atoms with Crippen molar-refractivity contribution in [1.29, 1.82) is 0 Å². The van der Waals surface area contributed by atoms with Gasteiger partial charge in [-0.05, 0) is 0 Å². The molecule has 6 heteroatoms. The van der Waals surface area contributed by atoms with Crippen molar-refractivity contribution >= 4 is 27.0 Å². The van der Waals surface area contributed by atoms with Crippen LogP contribution in [0.25, 0.3) is 11.1 Å². The first-order valence-electron chi connectivity index (χ1n) is 8.45. The Kier molecular flexibility index (Phi) is 5.96. The van der Waals surface area contributed by atoms with E-state index in [2.05, 4.69) is 17.4 Å². The van der Waals surface area contributed by atoms with Crippen molar-refractivity contribution in [2.75, 3.05) is 6.61 Å². The van der Waals surface area contributed by atoms with Crippen LogP contribution in [0.2, 0.25) is 11.1 Å². The predicted octanol–water partition coefficient (Wildman–Crippen LogP) is 3.54. The minimum atomic E-state index is -1.03. The molecule has 0 spiro atoms. The van der Waals surface area contributed by atoms with E-state index in [-0.39, 0.29) is 12.5 Å². The SMILES string of the molecule is C[Se]CCC(NC(=O)OCC1c2ccccc2-c2ccccc21)C(=O)O. The minimum absolute atomic E-state index is 0.0320. The Hall–Kier alpha value is -2.30. The number of ether oxygens (including phenoxy) is 1. The van der Waals surface area contributed by atoms with E-state index in [1.54, 1.807) is 0 Å². The summed E-state index contributed by atoms with van der Waals surface area (Å²) in [5, 5.41) is 12.5. The number of carbonyl (C=O) groups is 2. The molecular formula is C20H21NO4Se. The molecule has 1 aliphatic carbocycles. The second kappa shape index (κ2) is 8.39. The number of rotatable bonds is 7. The van der Waals surface area contributed by atoms with Gasteiger partial charge in [-0.3, -0.25) is 0 Å². The first-order chi connectivity index (χ1) is 12.6. The number of fused-ring (bicyclic) bond motifs is 3. The molecule has 5 nitrogen and oxygen atoms in total. The number of aliphatic carboxylic acids is 1. The van der Waals surface area contributed by atoms with Crippen molar-refractivity contribution in [3.8, 4) is 11.1 Å². The summed E-state index contributed by atoms with van der Waals surface area (Å²) < 4.78 is 5.39. The molecule has 0 saturated carbocycles. The molecule has 3 rings (SSSR count). The Balaban J connectivity index is 1.68. The number of carbonyl (C=O) groups excluding carboxylic acids is 1. The van der Waals surface area contributed by atoms with Gasteiger partial charge in [-0.15, -0.1) is 0 Å². The van der Waals surface area contributed by atoms with E-state index in [1.165, 1.54) is 0 Å². The van der Waals surface area contributed by atoms with E-state index in [4.69, 9.17) is 4.74 Å². The summed E-state index contributed by atoms with van der Waals surface area (Å²) in [6.07, 6.45) is -0.251. The zero-order chi connectivity index (χ0) is 18.5. The summed E-state index contributed by atoms with van der Waals surface area (Å²) in [4.78, 5) is 23.4. The molecule has 0 radical (unpaired) electrons. The zero-order valence-electron chi connectivity index (χ0n) is 14.5. The van der Waals surface area contributed by atoms with Crippen LogP contribution in [0.1, 0.15) is 23.5 Å². The second-order valence-corrected chi connectivity index (χ2v) is 8.21. The summed E-state index contributed by atoms with van der Waals surface area (Å²) in [6, 6.07) is 15.3. The number of hydrogen-bond acceptors (Lipinski definition) is 3. The van der Waals surface area contributed by atoms with E-state index >= 15 is 0 Å². The molecule has 0 saturated heterocycles. The van der Waals surface area contributed by atoms with Gasteiger partial charge in [0.05, 0.1) is 0 Å². The molecule has 136 valence electrons. The van der Waals surface area contributed by atoms with Gasteiger partial charge in [0.2, 0.25) is 0 Å². The Labute approximate surface area is 158 Å². The van der Waals surface area contributed by atoms with Crippen LogP contribution < -0.4 is 5.32 Å². The number of carboxylic acid groups (broad SMARTS) is 1. The number of amides is 1. The van der Waals surface area contributed by atoms with Crippen molar-refractivity contribution in [1.82, 2.24) is 5.32 Å². The molecule has 2 aromatic rings. The fourth-order valence-electron chi connectivity index (χ4n) is 3.28. The molecule has 2 N–H and O–H groups in total. The first-order valence-corrected chi connectivity index (χ1v) is 11.4. The normalized spacial score (nSPS) is 13.6. The van der Waals surface area contributed by atoms with E-state index in [0.29, 0.717) is 21.4 Å². The molecule has 0 aromatic heterocycles. The van der Waals surface area contributed by atoms with Gasteiger partial charge < -0.3 is 0 Å². The summed E-state index contributed by atoms with van der Waals surface area (Å²) in [5.41, 5.74) is 4.58. The predicted molar refractivity (Wildman–Crippen MR) is 101 cm³/mol. The molecule has 0 heterocycles. The zero-order valence-corrected chi connectivity index (χ0v) is 16.2. The number of alkyl carbamates (subject to hydrolysis) is 1. The number of nitrogens with one attached hydrogen (secondary N) is 1. The van der Waals surface area contributed by atoms with Gasteiger partial charge in [0.1, 0.15) is 0 Å². The fraction of sp³-hybridized carbons (Fsp3) is 0.300. The first kappa shape index (κ1) is 18.5. The van der Waals surface area contributed by atoms with Crippen LogP contribution in [-0.4, -0.2) is 44.8 Å². The van der Waals surface area contributed by atoms with Crippen LogP contribution in [0.3, 0.4) is 0 Å². The maximum absolute atomic E-state index is 12.1. The van der Waals surface area contributed by atoms with Crippen molar-refractivity contribution < 1.29 is 19.4 Å². The average molecular weight is 418 g/mol. The topological polar surface area (TPSA) is 75.6 Å².